The van der Waals surface area contributed by atoms with E-state index in [0.29, 0.717) is 22.7 Å². The number of carboxylic acid groups (broad SMARTS) is 1. The Morgan fingerprint density at radius 3 is 2.46 bits per heavy atom. The van der Waals surface area contributed by atoms with Crippen LogP contribution >= 0.6 is 0 Å². The van der Waals surface area contributed by atoms with Gasteiger partial charge in [-0.05, 0) is 48.7 Å². The summed E-state index contributed by atoms with van der Waals surface area (Å²) < 4.78 is 10.9. The zero-order valence-electron chi connectivity index (χ0n) is 16.2. The van der Waals surface area contributed by atoms with Crippen LogP contribution in [0.3, 0.4) is 0 Å². The number of benzene rings is 1. The number of aromatic nitrogens is 1. The van der Waals surface area contributed by atoms with E-state index in [9.17, 15) is 4.79 Å². The van der Waals surface area contributed by atoms with Crippen LogP contribution in [0.5, 0.6) is 5.75 Å². The number of carbonyl (C=O) groups is 1. The molecule has 0 radical (unpaired) electrons. The van der Waals surface area contributed by atoms with Crippen LogP contribution in [0.25, 0.3) is 6.08 Å². The lowest BCUT2D eigenvalue weighted by Crippen LogP contribution is -2.15. The largest absolute Gasteiger partial charge is 0.487 e. The van der Waals surface area contributed by atoms with Crippen molar-refractivity contribution in [3.05, 3.63) is 65.2 Å². The predicted octanol–water partition coefficient (Wildman–Crippen LogP) is 3.54. The smallest absolute Gasteiger partial charge is 0.371 e. The molecule has 0 aliphatic carbocycles. The summed E-state index contributed by atoms with van der Waals surface area (Å²) in [5, 5.41) is 13.1. The number of nitrogens with zero attached hydrogens (tertiary/aromatic N) is 2. The van der Waals surface area contributed by atoms with Gasteiger partial charge in [-0.2, -0.15) is 0 Å². The van der Waals surface area contributed by atoms with Gasteiger partial charge in [0.1, 0.15) is 25.2 Å². The van der Waals surface area contributed by atoms with Crippen LogP contribution < -0.4 is 4.74 Å². The van der Waals surface area contributed by atoms with Gasteiger partial charge in [0, 0.05) is 6.20 Å². The highest BCUT2D eigenvalue weighted by Gasteiger charge is 2.10. The van der Waals surface area contributed by atoms with E-state index in [1.165, 1.54) is 13.2 Å². The predicted molar refractivity (Wildman–Crippen MR) is 106 cm³/mol. The van der Waals surface area contributed by atoms with Crippen molar-refractivity contribution in [2.45, 2.75) is 20.3 Å². The second kappa shape index (κ2) is 10.7. The van der Waals surface area contributed by atoms with Gasteiger partial charge in [0.15, 0.2) is 0 Å². The van der Waals surface area contributed by atoms with Crippen molar-refractivity contribution in [3.8, 4) is 5.75 Å². The van der Waals surface area contributed by atoms with Crippen molar-refractivity contribution >= 4 is 17.8 Å². The van der Waals surface area contributed by atoms with Crippen molar-refractivity contribution < 1.29 is 24.2 Å². The average Bonchev–Trinajstić information content (AvgIpc) is 2.72. The molecule has 0 spiro atoms. The SMILES string of the molecule is CCO/C(=C\c1ccc(OC/C(=N\OC)c2ccc(CC)cn2)cc1)C(=O)O. The first-order valence-electron chi connectivity index (χ1n) is 8.93. The van der Waals surface area contributed by atoms with E-state index in [2.05, 4.69) is 17.1 Å². The molecule has 0 saturated heterocycles. The molecule has 0 saturated carbocycles. The molecule has 0 bridgehead atoms. The zero-order valence-corrected chi connectivity index (χ0v) is 16.2. The van der Waals surface area contributed by atoms with Crippen molar-refractivity contribution in [2.24, 2.45) is 5.16 Å². The van der Waals surface area contributed by atoms with E-state index in [4.69, 9.17) is 19.4 Å². The molecule has 1 N–H and O–H groups in total. The second-order valence-electron chi connectivity index (χ2n) is 5.73. The Morgan fingerprint density at radius 2 is 1.93 bits per heavy atom. The fraction of sp³-hybridized carbons (Fsp3) is 0.286. The minimum atomic E-state index is -1.11. The maximum atomic E-state index is 11.1. The summed E-state index contributed by atoms with van der Waals surface area (Å²) >= 11 is 0. The topological polar surface area (TPSA) is 90.2 Å². The lowest BCUT2D eigenvalue weighted by Gasteiger charge is -2.09. The summed E-state index contributed by atoms with van der Waals surface area (Å²) in [6.45, 7) is 4.27. The molecule has 1 aromatic carbocycles. The van der Waals surface area contributed by atoms with E-state index in [0.717, 1.165) is 12.0 Å². The number of oxime groups is 1. The molecule has 28 heavy (non-hydrogen) atoms. The molecule has 7 nitrogen and oxygen atoms in total. The van der Waals surface area contributed by atoms with Gasteiger partial charge in [-0.1, -0.05) is 30.3 Å². The number of hydrogen-bond donors (Lipinski definition) is 1. The van der Waals surface area contributed by atoms with Crippen LogP contribution in [-0.4, -0.2) is 42.1 Å². The van der Waals surface area contributed by atoms with E-state index >= 15 is 0 Å². The minimum Gasteiger partial charge on any atom is -0.487 e. The number of ether oxygens (including phenoxy) is 2. The van der Waals surface area contributed by atoms with Crippen molar-refractivity contribution in [2.75, 3.05) is 20.3 Å². The summed E-state index contributed by atoms with van der Waals surface area (Å²) in [5.41, 5.74) is 3.08. The highest BCUT2D eigenvalue weighted by atomic mass is 16.6. The molecule has 7 heteroatoms. The third-order valence-electron chi connectivity index (χ3n) is 3.79. The normalized spacial score (nSPS) is 11.8. The number of carboxylic acids is 1. The van der Waals surface area contributed by atoms with Gasteiger partial charge in [-0.3, -0.25) is 4.98 Å². The summed E-state index contributed by atoms with van der Waals surface area (Å²) in [6.07, 6.45) is 4.18. The Bertz CT molecular complexity index is 827. The maximum absolute atomic E-state index is 11.1. The molecule has 0 atom stereocenters. The van der Waals surface area contributed by atoms with E-state index in [-0.39, 0.29) is 19.0 Å². The summed E-state index contributed by atoms with van der Waals surface area (Å²) in [5.74, 6) is -0.601. The molecule has 1 aromatic heterocycles. The molecule has 0 amide bonds. The average molecular weight is 384 g/mol. The molecular formula is C21H24N2O5. The number of aliphatic carboxylic acids is 1. The Balaban J connectivity index is 2.06. The standard InChI is InChI=1S/C21H24N2O5/c1-4-15-8-11-18(22-13-15)19(23-26-3)14-28-17-9-6-16(7-10-17)12-20(21(24)25)27-5-2/h6-13H,4-5,14H2,1-3H3,(H,24,25)/b20-12-,23-19+. The number of hydrogen-bond acceptors (Lipinski definition) is 6. The fourth-order valence-corrected chi connectivity index (χ4v) is 2.35. The monoisotopic (exact) mass is 384 g/mol. The van der Waals surface area contributed by atoms with Crippen LogP contribution in [0.15, 0.2) is 53.5 Å². The van der Waals surface area contributed by atoms with Crippen LogP contribution in [0.1, 0.15) is 30.7 Å². The van der Waals surface area contributed by atoms with Crippen LogP contribution in [0.2, 0.25) is 0 Å². The fourth-order valence-electron chi connectivity index (χ4n) is 2.35. The quantitative estimate of drug-likeness (QED) is 0.292. The van der Waals surface area contributed by atoms with Gasteiger partial charge in [0.25, 0.3) is 0 Å². The van der Waals surface area contributed by atoms with Gasteiger partial charge in [-0.15, -0.1) is 0 Å². The Morgan fingerprint density at radius 1 is 1.18 bits per heavy atom. The molecule has 0 fully saturated rings. The highest BCUT2D eigenvalue weighted by molar-refractivity contribution is 5.99. The van der Waals surface area contributed by atoms with E-state index < -0.39 is 5.97 Å². The van der Waals surface area contributed by atoms with Gasteiger partial charge in [-0.25, -0.2) is 4.79 Å². The first kappa shape index (κ1) is 21.0. The Kier molecular flexibility index (Phi) is 8.02. The van der Waals surface area contributed by atoms with Gasteiger partial charge in [0.05, 0.1) is 12.3 Å². The summed E-state index contributed by atoms with van der Waals surface area (Å²) in [6, 6.07) is 10.9. The second-order valence-corrected chi connectivity index (χ2v) is 5.73. The lowest BCUT2D eigenvalue weighted by molar-refractivity contribution is -0.136. The van der Waals surface area contributed by atoms with Crippen molar-refractivity contribution in [1.82, 2.24) is 4.98 Å². The van der Waals surface area contributed by atoms with Crippen LogP contribution in [-0.2, 0) is 20.8 Å². The summed E-state index contributed by atoms with van der Waals surface area (Å²) in [4.78, 5) is 20.4. The molecular weight excluding hydrogens is 360 g/mol. The Labute approximate surface area is 164 Å². The number of pyridine rings is 1. The minimum absolute atomic E-state index is 0.104. The molecule has 0 aliphatic rings. The molecule has 2 aromatic rings. The van der Waals surface area contributed by atoms with Crippen LogP contribution in [0.4, 0.5) is 0 Å². The molecule has 0 aliphatic heterocycles. The third-order valence-corrected chi connectivity index (χ3v) is 3.79. The molecule has 2 rings (SSSR count). The van der Waals surface area contributed by atoms with E-state index in [1.807, 2.05) is 12.1 Å². The van der Waals surface area contributed by atoms with Crippen LogP contribution in [0, 0.1) is 0 Å². The molecule has 148 valence electrons. The van der Waals surface area contributed by atoms with Crippen molar-refractivity contribution in [3.63, 3.8) is 0 Å². The van der Waals surface area contributed by atoms with E-state index in [1.54, 1.807) is 37.4 Å². The lowest BCUT2D eigenvalue weighted by atomic mass is 10.2. The number of aryl methyl sites for hydroxylation is 1. The third kappa shape index (κ3) is 6.12. The van der Waals surface area contributed by atoms with Gasteiger partial charge < -0.3 is 19.4 Å². The maximum Gasteiger partial charge on any atom is 0.371 e. The first-order valence-corrected chi connectivity index (χ1v) is 8.93. The number of rotatable bonds is 10. The van der Waals surface area contributed by atoms with Gasteiger partial charge in [0.2, 0.25) is 5.76 Å². The Hall–Kier alpha value is -3.35. The highest BCUT2D eigenvalue weighted by Crippen LogP contribution is 2.16. The summed E-state index contributed by atoms with van der Waals surface area (Å²) in [7, 11) is 1.47. The molecule has 1 heterocycles. The zero-order chi connectivity index (χ0) is 20.4. The molecule has 0 unspecified atom stereocenters. The van der Waals surface area contributed by atoms with Gasteiger partial charge >= 0.3 is 5.97 Å². The first-order chi connectivity index (χ1) is 13.6. The van der Waals surface area contributed by atoms with Crippen molar-refractivity contribution in [1.29, 1.82) is 0 Å².